The van der Waals surface area contributed by atoms with Crippen molar-refractivity contribution in [1.29, 1.82) is 0 Å². The zero-order valence-electron chi connectivity index (χ0n) is 19.5. The predicted molar refractivity (Wildman–Crippen MR) is 127 cm³/mol. The molecule has 6 rings (SSSR count). The summed E-state index contributed by atoms with van der Waals surface area (Å²) in [5.74, 6) is -0.138. The lowest BCUT2D eigenvalue weighted by atomic mass is 9.86. The van der Waals surface area contributed by atoms with Gasteiger partial charge in [0, 0.05) is 35.3 Å². The molecule has 0 spiro atoms. The molecule has 3 aliphatic rings. The Labute approximate surface area is 200 Å². The largest absolute Gasteiger partial charge is 0.383 e. The molecule has 3 aromatic heterocycles. The molecule has 3 amide bonds. The van der Waals surface area contributed by atoms with E-state index in [4.69, 9.17) is 10.7 Å². The summed E-state index contributed by atoms with van der Waals surface area (Å²) in [6.45, 7) is 3.12. The summed E-state index contributed by atoms with van der Waals surface area (Å²) < 4.78 is 1.51. The number of hydrogen-bond donors (Lipinski definition) is 4. The lowest BCUT2D eigenvalue weighted by Crippen LogP contribution is -2.41. The Morgan fingerprint density at radius 2 is 1.91 bits per heavy atom. The number of Topliss-reactive ketones (excluding diaryl/α,β-unsaturated/α-hetero) is 1. The number of nitrogens with one attached hydrogen (secondary N) is 3. The molecule has 5 N–H and O–H groups in total. The number of pyridine rings is 1. The molecule has 2 bridgehead atoms. The van der Waals surface area contributed by atoms with E-state index in [9.17, 15) is 14.4 Å². The van der Waals surface area contributed by atoms with Crippen molar-refractivity contribution in [3.63, 3.8) is 0 Å². The molecule has 11 heteroatoms. The average molecular weight is 475 g/mol. The molecule has 6 heterocycles. The third-order valence-electron chi connectivity index (χ3n) is 7.55. The molecule has 0 aromatic carbocycles. The van der Waals surface area contributed by atoms with Crippen LogP contribution in [0.5, 0.6) is 0 Å². The van der Waals surface area contributed by atoms with Crippen LogP contribution in [0.3, 0.4) is 0 Å². The van der Waals surface area contributed by atoms with E-state index in [1.807, 2.05) is 6.07 Å². The molecule has 0 saturated carbocycles. The van der Waals surface area contributed by atoms with Gasteiger partial charge in [-0.05, 0) is 45.6 Å². The van der Waals surface area contributed by atoms with Gasteiger partial charge in [0.2, 0.25) is 0 Å². The Balaban J connectivity index is 1.43. The number of urea groups is 1. The Hall–Kier alpha value is -3.86. The maximum Gasteiger partial charge on any atom is 0.322 e. The average Bonchev–Trinajstić information content (AvgIpc) is 3.48. The van der Waals surface area contributed by atoms with Crippen LogP contribution >= 0.6 is 0 Å². The van der Waals surface area contributed by atoms with Crippen LogP contribution in [0.15, 0.2) is 24.5 Å². The number of ketones is 1. The van der Waals surface area contributed by atoms with Crippen LogP contribution in [0.1, 0.15) is 67.2 Å². The van der Waals surface area contributed by atoms with E-state index in [2.05, 4.69) is 26.0 Å². The van der Waals surface area contributed by atoms with Gasteiger partial charge in [0.15, 0.2) is 17.0 Å². The molecule has 0 radical (unpaired) electrons. The number of anilines is 1. The summed E-state index contributed by atoms with van der Waals surface area (Å²) in [4.78, 5) is 45.9. The molecular formula is C24H26N8O3. The van der Waals surface area contributed by atoms with Crippen LogP contribution in [-0.4, -0.2) is 49.4 Å². The van der Waals surface area contributed by atoms with E-state index in [1.54, 1.807) is 25.4 Å². The summed E-state index contributed by atoms with van der Waals surface area (Å²) in [6, 6.07) is 3.83. The van der Waals surface area contributed by atoms with E-state index in [1.165, 1.54) is 11.4 Å². The van der Waals surface area contributed by atoms with Gasteiger partial charge in [-0.3, -0.25) is 19.9 Å². The highest BCUT2D eigenvalue weighted by Gasteiger charge is 2.44. The molecule has 1 unspecified atom stereocenters. The first-order valence-electron chi connectivity index (χ1n) is 11.8. The normalized spacial score (nSPS) is 27.8. The van der Waals surface area contributed by atoms with Gasteiger partial charge < -0.3 is 16.4 Å². The fourth-order valence-electron chi connectivity index (χ4n) is 5.75. The summed E-state index contributed by atoms with van der Waals surface area (Å²) in [5, 5.41) is 12.9. The molecule has 0 aliphatic carbocycles. The monoisotopic (exact) mass is 474 g/mol. The van der Waals surface area contributed by atoms with E-state index in [0.29, 0.717) is 34.6 Å². The first kappa shape index (κ1) is 21.7. The van der Waals surface area contributed by atoms with Crippen molar-refractivity contribution < 1.29 is 14.4 Å². The number of carbonyl (C=O) groups excluding carboxylic acids is 3. The van der Waals surface area contributed by atoms with Crippen molar-refractivity contribution in [2.45, 2.75) is 63.1 Å². The van der Waals surface area contributed by atoms with E-state index in [0.717, 1.165) is 36.9 Å². The lowest BCUT2D eigenvalue weighted by Gasteiger charge is -2.30. The number of nitrogens with two attached hydrogens (primary N) is 1. The summed E-state index contributed by atoms with van der Waals surface area (Å²) in [7, 11) is 0. The minimum absolute atomic E-state index is 0.119. The van der Waals surface area contributed by atoms with Crippen LogP contribution in [0.2, 0.25) is 0 Å². The van der Waals surface area contributed by atoms with Crippen molar-refractivity contribution in [2.24, 2.45) is 0 Å². The topological polar surface area (TPSA) is 156 Å². The van der Waals surface area contributed by atoms with Crippen LogP contribution in [-0.2, 0) is 10.3 Å². The van der Waals surface area contributed by atoms with Gasteiger partial charge in [0.1, 0.15) is 5.82 Å². The first-order chi connectivity index (χ1) is 16.7. The molecule has 11 nitrogen and oxygen atoms in total. The molecule has 3 aliphatic heterocycles. The highest BCUT2D eigenvalue weighted by molar-refractivity contribution is 6.07. The minimum atomic E-state index is -1.24. The molecular weight excluding hydrogens is 448 g/mol. The third-order valence-corrected chi connectivity index (χ3v) is 7.55. The Kier molecular flexibility index (Phi) is 4.69. The Morgan fingerprint density at radius 1 is 1.17 bits per heavy atom. The standard InChI is InChI=1S/C24H26N8O3/c1-11(33)18-19(13-7-14-4-5-15(8-13)28-14)29-21-16(10-27-32(21)20(18)25)12-3-6-17(26-9-12)24(2)22(34)30-23(35)31-24/h3,6,9-10,13-15,28H,4-5,7-8,25H2,1-2H3,(H2,30,31,34,35)/t13-,14+,15-,24?. The number of amides is 3. The number of aromatic nitrogens is 4. The highest BCUT2D eigenvalue weighted by Crippen LogP contribution is 2.40. The second-order valence-corrected chi connectivity index (χ2v) is 9.88. The SMILES string of the molecule is CC(=O)c1c([C@H]2C[C@H]3CC[C@@H](C2)N3)nc2c(-c3ccc(C4(C)NC(=O)NC4=O)nc3)cnn2c1N. The molecule has 35 heavy (non-hydrogen) atoms. The van der Waals surface area contributed by atoms with E-state index < -0.39 is 17.5 Å². The predicted octanol–water partition coefficient (Wildman–Crippen LogP) is 1.63. The molecule has 3 aromatic rings. The quantitative estimate of drug-likeness (QED) is 0.328. The number of nitrogens with zero attached hydrogens (tertiary/aromatic N) is 4. The zero-order chi connectivity index (χ0) is 24.5. The lowest BCUT2D eigenvalue weighted by molar-refractivity contribution is -0.123. The second-order valence-electron chi connectivity index (χ2n) is 9.88. The maximum atomic E-state index is 12.6. The number of imide groups is 1. The number of carbonyl (C=O) groups is 3. The number of fused-ring (bicyclic) bond motifs is 3. The van der Waals surface area contributed by atoms with Crippen molar-refractivity contribution in [3.8, 4) is 11.1 Å². The minimum Gasteiger partial charge on any atom is -0.383 e. The third kappa shape index (κ3) is 3.29. The van der Waals surface area contributed by atoms with Crippen LogP contribution in [0.25, 0.3) is 16.8 Å². The van der Waals surface area contributed by atoms with Gasteiger partial charge in [0.25, 0.3) is 5.91 Å². The van der Waals surface area contributed by atoms with Gasteiger partial charge in [-0.1, -0.05) is 6.07 Å². The zero-order valence-corrected chi connectivity index (χ0v) is 19.5. The fourth-order valence-corrected chi connectivity index (χ4v) is 5.75. The summed E-state index contributed by atoms with van der Waals surface area (Å²) in [5.41, 5.74) is 8.85. The van der Waals surface area contributed by atoms with E-state index in [-0.39, 0.29) is 17.5 Å². The van der Waals surface area contributed by atoms with Gasteiger partial charge >= 0.3 is 6.03 Å². The fraction of sp³-hybridized carbons (Fsp3) is 0.417. The number of piperidine rings is 1. The summed E-state index contributed by atoms with van der Waals surface area (Å²) in [6.07, 6.45) is 7.40. The number of nitrogen functional groups attached to an aromatic ring is 1. The Morgan fingerprint density at radius 3 is 2.51 bits per heavy atom. The van der Waals surface area contributed by atoms with Crippen molar-refractivity contribution >= 4 is 29.2 Å². The van der Waals surface area contributed by atoms with Crippen LogP contribution in [0, 0.1) is 0 Å². The molecule has 3 saturated heterocycles. The number of hydrogen-bond acceptors (Lipinski definition) is 8. The summed E-state index contributed by atoms with van der Waals surface area (Å²) >= 11 is 0. The molecule has 180 valence electrons. The van der Waals surface area contributed by atoms with Gasteiger partial charge in [-0.25, -0.2) is 9.78 Å². The van der Waals surface area contributed by atoms with Crippen molar-refractivity contribution in [1.82, 2.24) is 35.5 Å². The van der Waals surface area contributed by atoms with Crippen LogP contribution in [0.4, 0.5) is 10.6 Å². The maximum absolute atomic E-state index is 12.6. The van der Waals surface area contributed by atoms with Crippen LogP contribution < -0.4 is 21.7 Å². The number of rotatable bonds is 4. The molecule has 4 atom stereocenters. The first-order valence-corrected chi connectivity index (χ1v) is 11.8. The Bertz CT molecular complexity index is 1390. The highest BCUT2D eigenvalue weighted by atomic mass is 16.2. The van der Waals surface area contributed by atoms with Crippen molar-refractivity contribution in [2.75, 3.05) is 5.73 Å². The van der Waals surface area contributed by atoms with Gasteiger partial charge in [-0.15, -0.1) is 0 Å². The second kappa shape index (κ2) is 7.57. The van der Waals surface area contributed by atoms with Crippen molar-refractivity contribution in [3.05, 3.63) is 41.5 Å². The van der Waals surface area contributed by atoms with Gasteiger partial charge in [0.05, 0.1) is 23.1 Å². The van der Waals surface area contributed by atoms with Gasteiger partial charge in [-0.2, -0.15) is 9.61 Å². The van der Waals surface area contributed by atoms with E-state index >= 15 is 0 Å². The molecule has 3 fully saturated rings. The smallest absolute Gasteiger partial charge is 0.322 e.